The molecular formula is C17H28O7. The van der Waals surface area contributed by atoms with Gasteiger partial charge in [0.15, 0.2) is 6.10 Å². The minimum atomic E-state index is -1.01. The summed E-state index contributed by atoms with van der Waals surface area (Å²) in [6.07, 6.45) is -1.52. The average Bonchev–Trinajstić information content (AvgIpc) is 2.51. The Morgan fingerprint density at radius 2 is 1.67 bits per heavy atom. The van der Waals surface area contributed by atoms with E-state index in [1.165, 1.54) is 13.8 Å². The molecule has 0 radical (unpaired) electrons. The quantitative estimate of drug-likeness (QED) is 0.538. The summed E-state index contributed by atoms with van der Waals surface area (Å²) >= 11 is 0. The average molecular weight is 344 g/mol. The van der Waals surface area contributed by atoms with Crippen molar-refractivity contribution in [1.29, 1.82) is 0 Å². The van der Waals surface area contributed by atoms with Gasteiger partial charge in [0.1, 0.15) is 6.61 Å². The van der Waals surface area contributed by atoms with E-state index in [4.69, 9.17) is 18.9 Å². The molecule has 0 N–H and O–H groups in total. The van der Waals surface area contributed by atoms with Crippen LogP contribution in [-0.2, 0) is 33.3 Å². The van der Waals surface area contributed by atoms with E-state index in [1.807, 2.05) is 20.8 Å². The second kappa shape index (κ2) is 9.01. The van der Waals surface area contributed by atoms with Crippen molar-refractivity contribution in [2.75, 3.05) is 6.61 Å². The summed E-state index contributed by atoms with van der Waals surface area (Å²) in [5.74, 6) is -1.75. The van der Waals surface area contributed by atoms with Gasteiger partial charge < -0.3 is 18.9 Å². The summed E-state index contributed by atoms with van der Waals surface area (Å²) < 4.78 is 21.6. The van der Waals surface area contributed by atoms with Gasteiger partial charge in [0.25, 0.3) is 0 Å². The van der Waals surface area contributed by atoms with Crippen LogP contribution in [0.1, 0.15) is 48.0 Å². The topological polar surface area (TPSA) is 88.1 Å². The maximum Gasteiger partial charge on any atom is 0.311 e. The van der Waals surface area contributed by atoms with Crippen LogP contribution in [0, 0.1) is 17.8 Å². The first kappa shape index (κ1) is 20.4. The zero-order chi connectivity index (χ0) is 18.4. The van der Waals surface area contributed by atoms with Gasteiger partial charge in [-0.2, -0.15) is 0 Å². The van der Waals surface area contributed by atoms with Gasteiger partial charge >= 0.3 is 17.9 Å². The van der Waals surface area contributed by atoms with Crippen LogP contribution in [-0.4, -0.2) is 43.0 Å². The smallest absolute Gasteiger partial charge is 0.311 e. The third kappa shape index (κ3) is 5.47. The lowest BCUT2D eigenvalue weighted by molar-refractivity contribution is -0.273. The van der Waals surface area contributed by atoms with E-state index >= 15 is 0 Å². The molecule has 0 aromatic rings. The van der Waals surface area contributed by atoms with Crippen molar-refractivity contribution in [2.45, 2.75) is 66.5 Å². The molecule has 1 rings (SSSR count). The maximum atomic E-state index is 12.1. The van der Waals surface area contributed by atoms with Gasteiger partial charge in [-0.25, -0.2) is 0 Å². The predicted molar refractivity (Wildman–Crippen MR) is 84.7 cm³/mol. The Morgan fingerprint density at radius 1 is 1.04 bits per heavy atom. The highest BCUT2D eigenvalue weighted by Gasteiger charge is 2.46. The molecule has 0 bridgehead atoms. The van der Waals surface area contributed by atoms with Crippen LogP contribution in [0.4, 0.5) is 0 Å². The van der Waals surface area contributed by atoms with Crippen LogP contribution in [0.5, 0.6) is 0 Å². The second-order valence-electron chi connectivity index (χ2n) is 6.38. The molecule has 138 valence electrons. The van der Waals surface area contributed by atoms with Crippen LogP contribution in [0.25, 0.3) is 0 Å². The molecule has 24 heavy (non-hydrogen) atoms. The van der Waals surface area contributed by atoms with Gasteiger partial charge in [0.05, 0.1) is 12.0 Å². The molecular weight excluding hydrogens is 316 g/mol. The van der Waals surface area contributed by atoms with E-state index in [1.54, 1.807) is 6.92 Å². The Balaban J connectivity index is 2.91. The fourth-order valence-corrected chi connectivity index (χ4v) is 2.50. The summed E-state index contributed by atoms with van der Waals surface area (Å²) in [6, 6.07) is 0. The van der Waals surface area contributed by atoms with E-state index in [0.717, 1.165) is 0 Å². The molecule has 6 atom stereocenters. The van der Waals surface area contributed by atoms with Crippen molar-refractivity contribution in [3.63, 3.8) is 0 Å². The number of hydrogen-bond donors (Lipinski definition) is 0. The minimum Gasteiger partial charge on any atom is -0.463 e. The van der Waals surface area contributed by atoms with Gasteiger partial charge in [-0.05, 0) is 12.3 Å². The van der Waals surface area contributed by atoms with E-state index in [2.05, 4.69) is 0 Å². The fourth-order valence-electron chi connectivity index (χ4n) is 2.50. The Kier molecular flexibility index (Phi) is 7.66. The Labute approximate surface area is 143 Å². The zero-order valence-electron chi connectivity index (χ0n) is 15.2. The SMILES string of the molecule is CCC(C)C(=O)OC1OC(COC(C)=O)C(C)C(C)C1OC(C)=O. The lowest BCUT2D eigenvalue weighted by atomic mass is 9.83. The third-order valence-corrected chi connectivity index (χ3v) is 4.51. The first-order chi connectivity index (χ1) is 11.2. The van der Waals surface area contributed by atoms with Crippen LogP contribution in [0.15, 0.2) is 0 Å². The van der Waals surface area contributed by atoms with Crippen molar-refractivity contribution in [3.05, 3.63) is 0 Å². The molecule has 7 heteroatoms. The molecule has 1 heterocycles. The minimum absolute atomic E-state index is 0.0488. The number of carbonyl (C=O) groups is 3. The molecule has 1 saturated heterocycles. The van der Waals surface area contributed by atoms with Crippen LogP contribution in [0.2, 0.25) is 0 Å². The number of esters is 3. The van der Waals surface area contributed by atoms with Crippen molar-refractivity contribution in [2.24, 2.45) is 17.8 Å². The number of rotatable bonds is 6. The molecule has 7 nitrogen and oxygen atoms in total. The maximum absolute atomic E-state index is 12.1. The first-order valence-corrected chi connectivity index (χ1v) is 8.33. The van der Waals surface area contributed by atoms with Gasteiger partial charge in [0, 0.05) is 19.8 Å². The lowest BCUT2D eigenvalue weighted by Crippen LogP contribution is -2.54. The van der Waals surface area contributed by atoms with Gasteiger partial charge in [0.2, 0.25) is 6.29 Å². The normalized spacial score (nSPS) is 31.0. The van der Waals surface area contributed by atoms with Crippen molar-refractivity contribution >= 4 is 17.9 Å². The largest absolute Gasteiger partial charge is 0.463 e. The van der Waals surface area contributed by atoms with Crippen molar-refractivity contribution in [1.82, 2.24) is 0 Å². The Morgan fingerprint density at radius 3 is 2.17 bits per heavy atom. The molecule has 0 spiro atoms. The molecule has 0 saturated carbocycles. The summed E-state index contributed by atoms with van der Waals surface area (Å²) in [5.41, 5.74) is 0. The molecule has 1 fully saturated rings. The van der Waals surface area contributed by atoms with Crippen LogP contribution >= 0.6 is 0 Å². The molecule has 0 aromatic heterocycles. The summed E-state index contributed by atoms with van der Waals surface area (Å²) in [6.45, 7) is 10.1. The van der Waals surface area contributed by atoms with Gasteiger partial charge in [-0.15, -0.1) is 0 Å². The molecule has 1 aliphatic heterocycles. The molecule has 1 aliphatic rings. The van der Waals surface area contributed by atoms with E-state index in [-0.39, 0.29) is 24.4 Å². The molecule has 0 amide bonds. The van der Waals surface area contributed by atoms with Gasteiger partial charge in [-0.1, -0.05) is 27.7 Å². The number of hydrogen-bond acceptors (Lipinski definition) is 7. The van der Waals surface area contributed by atoms with E-state index < -0.39 is 36.4 Å². The molecule has 0 aliphatic carbocycles. The Bertz CT molecular complexity index is 460. The van der Waals surface area contributed by atoms with Gasteiger partial charge in [-0.3, -0.25) is 14.4 Å². The standard InChI is InChI=1S/C17H28O7/c1-7-9(2)16(20)24-17-15(22-13(6)19)11(4)10(3)14(23-17)8-21-12(5)18/h9-11,14-15,17H,7-8H2,1-6H3. The van der Waals surface area contributed by atoms with Crippen LogP contribution in [0.3, 0.4) is 0 Å². The Hall–Kier alpha value is -1.63. The highest BCUT2D eigenvalue weighted by atomic mass is 16.7. The third-order valence-electron chi connectivity index (χ3n) is 4.51. The van der Waals surface area contributed by atoms with Crippen molar-refractivity contribution in [3.8, 4) is 0 Å². The van der Waals surface area contributed by atoms with Crippen LogP contribution < -0.4 is 0 Å². The number of ether oxygens (including phenoxy) is 4. The van der Waals surface area contributed by atoms with Crippen molar-refractivity contribution < 1.29 is 33.3 Å². The lowest BCUT2D eigenvalue weighted by Gasteiger charge is -2.43. The molecule has 6 unspecified atom stereocenters. The monoisotopic (exact) mass is 344 g/mol. The number of carbonyl (C=O) groups excluding carboxylic acids is 3. The highest BCUT2D eigenvalue weighted by molar-refractivity contribution is 5.72. The fraction of sp³-hybridized carbons (Fsp3) is 0.824. The zero-order valence-corrected chi connectivity index (χ0v) is 15.2. The summed E-state index contributed by atoms with van der Waals surface area (Å²) in [4.78, 5) is 34.5. The first-order valence-electron chi connectivity index (χ1n) is 8.33. The molecule has 0 aromatic carbocycles. The summed E-state index contributed by atoms with van der Waals surface area (Å²) in [7, 11) is 0. The highest BCUT2D eigenvalue weighted by Crippen LogP contribution is 2.34. The summed E-state index contributed by atoms with van der Waals surface area (Å²) in [5, 5.41) is 0. The van der Waals surface area contributed by atoms with E-state index in [9.17, 15) is 14.4 Å². The second-order valence-corrected chi connectivity index (χ2v) is 6.38. The predicted octanol–water partition coefficient (Wildman–Crippen LogP) is 2.07. The van der Waals surface area contributed by atoms with E-state index in [0.29, 0.717) is 6.42 Å².